The van der Waals surface area contributed by atoms with E-state index in [1.165, 1.54) is 0 Å². The van der Waals surface area contributed by atoms with E-state index in [4.69, 9.17) is 9.15 Å². The van der Waals surface area contributed by atoms with Crippen molar-refractivity contribution in [1.29, 1.82) is 0 Å². The molecule has 9 heteroatoms. The van der Waals surface area contributed by atoms with E-state index in [1.807, 2.05) is 13.0 Å². The summed E-state index contributed by atoms with van der Waals surface area (Å²) in [6, 6.07) is 9.05. The zero-order chi connectivity index (χ0) is 23.0. The fourth-order valence-electron chi connectivity index (χ4n) is 4.53. The molecular weight excluding hydrogens is 442 g/mol. The minimum absolute atomic E-state index is 0.261. The standard InChI is InChI=1S/C24H27N3O5S/c1-16-21-6-9-25-13-22(21)32-23(16)24(28)26-12-17-2-4-19(5-3-17)33(29,30)20-7-10-27(11-8-20)18-14-31-15-18/h2-6,9,13,18,20H,7-8,10-12,14-15H2,1H3,(H,26,28). The van der Waals surface area contributed by atoms with Crippen molar-refractivity contribution in [2.75, 3.05) is 26.3 Å². The van der Waals surface area contributed by atoms with Gasteiger partial charge in [-0.05, 0) is 56.6 Å². The first kappa shape index (κ1) is 22.1. The summed E-state index contributed by atoms with van der Waals surface area (Å²) in [6.07, 6.45) is 4.53. The second-order valence-corrected chi connectivity index (χ2v) is 11.0. The Morgan fingerprint density at radius 1 is 1.15 bits per heavy atom. The smallest absolute Gasteiger partial charge is 0.287 e. The summed E-state index contributed by atoms with van der Waals surface area (Å²) in [7, 11) is -3.38. The van der Waals surface area contributed by atoms with Crippen LogP contribution in [0.5, 0.6) is 0 Å². The van der Waals surface area contributed by atoms with Crippen LogP contribution >= 0.6 is 0 Å². The minimum Gasteiger partial charge on any atom is -0.449 e. The van der Waals surface area contributed by atoms with Crippen molar-refractivity contribution in [3.63, 3.8) is 0 Å². The molecule has 0 aliphatic carbocycles. The molecule has 33 heavy (non-hydrogen) atoms. The van der Waals surface area contributed by atoms with Gasteiger partial charge in [-0.15, -0.1) is 0 Å². The summed E-state index contributed by atoms with van der Waals surface area (Å²) in [5.41, 5.74) is 2.15. The van der Waals surface area contributed by atoms with Crippen molar-refractivity contribution in [3.8, 4) is 0 Å². The predicted molar refractivity (Wildman–Crippen MR) is 123 cm³/mol. The monoisotopic (exact) mass is 469 g/mol. The molecule has 174 valence electrons. The third-order valence-corrected chi connectivity index (χ3v) is 8.98. The average molecular weight is 470 g/mol. The molecular formula is C24H27N3O5S. The second kappa shape index (κ2) is 8.89. The number of furan rings is 1. The lowest BCUT2D eigenvalue weighted by molar-refractivity contribution is -0.0695. The number of sulfone groups is 1. The summed E-state index contributed by atoms with van der Waals surface area (Å²) in [5.74, 6) is -0.0546. The third kappa shape index (κ3) is 4.28. The zero-order valence-corrected chi connectivity index (χ0v) is 19.3. The van der Waals surface area contributed by atoms with Crippen molar-refractivity contribution in [1.82, 2.24) is 15.2 Å². The summed E-state index contributed by atoms with van der Waals surface area (Å²) < 4.78 is 37.1. The van der Waals surface area contributed by atoms with Gasteiger partial charge in [-0.25, -0.2) is 8.42 Å². The highest BCUT2D eigenvalue weighted by Gasteiger charge is 2.35. The van der Waals surface area contributed by atoms with Crippen molar-refractivity contribution in [2.45, 2.75) is 42.5 Å². The topological polar surface area (TPSA) is 102 Å². The summed E-state index contributed by atoms with van der Waals surface area (Å²) in [6.45, 7) is 5.20. The molecule has 2 aromatic heterocycles. The number of carbonyl (C=O) groups excluding carboxylic acids is 1. The van der Waals surface area contributed by atoms with Crippen molar-refractivity contribution in [3.05, 3.63) is 59.6 Å². The van der Waals surface area contributed by atoms with Gasteiger partial charge in [0.1, 0.15) is 0 Å². The van der Waals surface area contributed by atoms with Gasteiger partial charge in [-0.3, -0.25) is 14.7 Å². The van der Waals surface area contributed by atoms with Crippen LogP contribution in [-0.4, -0.2) is 61.8 Å². The number of likely N-dealkylation sites (tertiary alicyclic amines) is 1. The van der Waals surface area contributed by atoms with Crippen LogP contribution in [0, 0.1) is 6.92 Å². The predicted octanol–water partition coefficient (Wildman–Crippen LogP) is 2.70. The Hall–Kier alpha value is -2.75. The van der Waals surface area contributed by atoms with E-state index >= 15 is 0 Å². The van der Waals surface area contributed by atoms with Gasteiger partial charge in [0.25, 0.3) is 5.91 Å². The largest absolute Gasteiger partial charge is 0.449 e. The normalized spacial score (nSPS) is 18.3. The summed E-state index contributed by atoms with van der Waals surface area (Å²) in [5, 5.41) is 3.35. The first-order chi connectivity index (χ1) is 15.9. The van der Waals surface area contributed by atoms with E-state index in [1.54, 1.807) is 36.7 Å². The molecule has 2 aliphatic heterocycles. The number of ether oxygens (including phenoxy) is 1. The number of fused-ring (bicyclic) bond motifs is 1. The second-order valence-electron chi connectivity index (χ2n) is 8.73. The first-order valence-corrected chi connectivity index (χ1v) is 12.7. The number of carbonyl (C=O) groups is 1. The molecule has 0 atom stereocenters. The number of aromatic nitrogens is 1. The van der Waals surface area contributed by atoms with Crippen molar-refractivity contribution < 1.29 is 22.4 Å². The summed E-state index contributed by atoms with van der Waals surface area (Å²) >= 11 is 0. The molecule has 4 heterocycles. The fourth-order valence-corrected chi connectivity index (χ4v) is 6.27. The Morgan fingerprint density at radius 3 is 2.52 bits per heavy atom. The third-order valence-electron chi connectivity index (χ3n) is 6.70. The van der Waals surface area contributed by atoms with E-state index in [-0.39, 0.29) is 23.5 Å². The van der Waals surface area contributed by atoms with Crippen LogP contribution in [0.3, 0.4) is 0 Å². The Kier molecular flexibility index (Phi) is 5.94. The van der Waals surface area contributed by atoms with Gasteiger partial charge in [-0.1, -0.05) is 12.1 Å². The maximum atomic E-state index is 13.1. The first-order valence-electron chi connectivity index (χ1n) is 11.2. The maximum absolute atomic E-state index is 13.1. The molecule has 3 aromatic rings. The Morgan fingerprint density at radius 2 is 1.88 bits per heavy atom. The molecule has 0 saturated carbocycles. The Labute approximate surface area is 192 Å². The highest BCUT2D eigenvalue weighted by Crippen LogP contribution is 2.27. The highest BCUT2D eigenvalue weighted by atomic mass is 32.2. The molecule has 0 bridgehead atoms. The highest BCUT2D eigenvalue weighted by molar-refractivity contribution is 7.92. The van der Waals surface area contributed by atoms with E-state index in [0.29, 0.717) is 29.4 Å². The molecule has 2 fully saturated rings. The van der Waals surface area contributed by atoms with Crippen LogP contribution in [-0.2, 0) is 21.1 Å². The molecule has 0 unspecified atom stereocenters. The summed E-state index contributed by atoms with van der Waals surface area (Å²) in [4.78, 5) is 19.3. The molecule has 2 aliphatic rings. The van der Waals surface area contributed by atoms with E-state index in [0.717, 1.165) is 42.8 Å². The van der Waals surface area contributed by atoms with E-state index in [2.05, 4.69) is 15.2 Å². The number of amides is 1. The lowest BCUT2D eigenvalue weighted by Gasteiger charge is -2.41. The molecule has 5 rings (SSSR count). The maximum Gasteiger partial charge on any atom is 0.287 e. The SMILES string of the molecule is Cc1c(C(=O)NCc2ccc(S(=O)(=O)C3CCN(C4COC4)CC3)cc2)oc2cnccc12. The van der Waals surface area contributed by atoms with Crippen LogP contribution in [0.2, 0.25) is 0 Å². The molecule has 1 N–H and O–H groups in total. The number of hydrogen-bond acceptors (Lipinski definition) is 7. The molecule has 2 saturated heterocycles. The number of pyridine rings is 1. The number of hydrogen-bond donors (Lipinski definition) is 1. The lowest BCUT2D eigenvalue weighted by Crippen LogP contribution is -2.53. The van der Waals surface area contributed by atoms with Crippen LogP contribution in [0.25, 0.3) is 11.0 Å². The van der Waals surface area contributed by atoms with Crippen molar-refractivity contribution >= 4 is 26.7 Å². The molecule has 8 nitrogen and oxygen atoms in total. The lowest BCUT2D eigenvalue weighted by atomic mass is 10.1. The number of aryl methyl sites for hydroxylation is 1. The van der Waals surface area contributed by atoms with Gasteiger partial charge in [0, 0.05) is 23.7 Å². The van der Waals surface area contributed by atoms with E-state index < -0.39 is 9.84 Å². The van der Waals surface area contributed by atoms with E-state index in [9.17, 15) is 13.2 Å². The van der Waals surface area contributed by atoms with Crippen LogP contribution in [0.15, 0.2) is 52.0 Å². The average Bonchev–Trinajstić information content (AvgIpc) is 3.14. The minimum atomic E-state index is -3.38. The fraction of sp³-hybridized carbons (Fsp3) is 0.417. The molecule has 0 spiro atoms. The number of piperidine rings is 1. The van der Waals surface area contributed by atoms with Crippen LogP contribution in [0.4, 0.5) is 0 Å². The molecule has 1 amide bonds. The number of nitrogens with one attached hydrogen (secondary N) is 1. The Bertz CT molecular complexity index is 1260. The number of nitrogens with zero attached hydrogens (tertiary/aromatic N) is 2. The van der Waals surface area contributed by atoms with Crippen LogP contribution in [0.1, 0.15) is 34.5 Å². The van der Waals surface area contributed by atoms with Gasteiger partial charge < -0.3 is 14.5 Å². The molecule has 1 aromatic carbocycles. The number of benzene rings is 1. The van der Waals surface area contributed by atoms with Gasteiger partial charge in [0.2, 0.25) is 0 Å². The molecule has 0 radical (unpaired) electrons. The van der Waals surface area contributed by atoms with Gasteiger partial charge in [-0.2, -0.15) is 0 Å². The van der Waals surface area contributed by atoms with Gasteiger partial charge in [0.15, 0.2) is 21.2 Å². The number of rotatable bonds is 6. The van der Waals surface area contributed by atoms with Gasteiger partial charge >= 0.3 is 0 Å². The Balaban J connectivity index is 1.20. The quantitative estimate of drug-likeness (QED) is 0.592. The van der Waals surface area contributed by atoms with Crippen LogP contribution < -0.4 is 5.32 Å². The van der Waals surface area contributed by atoms with Crippen molar-refractivity contribution in [2.24, 2.45) is 0 Å². The van der Waals surface area contributed by atoms with Gasteiger partial charge in [0.05, 0.1) is 35.6 Å². The zero-order valence-electron chi connectivity index (χ0n) is 18.5.